The van der Waals surface area contributed by atoms with Crippen molar-refractivity contribution >= 4 is 33.6 Å². The average molecular weight is 451 g/mol. The molecule has 166 valence electrons. The summed E-state index contributed by atoms with van der Waals surface area (Å²) in [5, 5.41) is 13.6. The molecular weight excluding hydrogens is 434 g/mol. The highest BCUT2D eigenvalue weighted by molar-refractivity contribution is 5.98. The monoisotopic (exact) mass is 451 g/mol. The van der Waals surface area contributed by atoms with Crippen LogP contribution in [0.3, 0.4) is 0 Å². The van der Waals surface area contributed by atoms with E-state index in [4.69, 9.17) is 9.26 Å². The summed E-state index contributed by atoms with van der Waals surface area (Å²) in [5.41, 5.74) is 2.35. The van der Waals surface area contributed by atoms with Crippen molar-refractivity contribution in [2.24, 2.45) is 7.05 Å². The van der Waals surface area contributed by atoms with Crippen LogP contribution in [0.4, 0.5) is 0 Å². The lowest BCUT2D eigenvalue weighted by atomic mass is 10.1. The van der Waals surface area contributed by atoms with Crippen molar-refractivity contribution in [3.05, 3.63) is 94.5 Å². The van der Waals surface area contributed by atoms with E-state index in [0.717, 1.165) is 10.9 Å². The van der Waals surface area contributed by atoms with Crippen molar-refractivity contribution in [1.82, 2.24) is 24.3 Å². The molecule has 34 heavy (non-hydrogen) atoms. The van der Waals surface area contributed by atoms with Crippen molar-refractivity contribution in [2.45, 2.75) is 6.61 Å². The van der Waals surface area contributed by atoms with Crippen LogP contribution in [0.2, 0.25) is 0 Å². The van der Waals surface area contributed by atoms with Gasteiger partial charge in [0.1, 0.15) is 5.52 Å². The smallest absolute Gasteiger partial charge is 0.338 e. The Morgan fingerprint density at radius 1 is 0.971 bits per heavy atom. The molecule has 3 aromatic carbocycles. The largest absolute Gasteiger partial charge is 0.454 e. The van der Waals surface area contributed by atoms with Gasteiger partial charge in [-0.2, -0.15) is 0 Å². The third-order valence-corrected chi connectivity index (χ3v) is 5.77. The van der Waals surface area contributed by atoms with Gasteiger partial charge in [0.25, 0.3) is 5.56 Å². The van der Waals surface area contributed by atoms with Crippen LogP contribution in [0.15, 0.2) is 82.1 Å². The first-order valence-corrected chi connectivity index (χ1v) is 10.6. The molecule has 0 radical (unpaired) electrons. The summed E-state index contributed by atoms with van der Waals surface area (Å²) in [7, 11) is 1.63. The molecule has 9 heteroatoms. The van der Waals surface area contributed by atoms with Crippen molar-refractivity contribution in [1.29, 1.82) is 0 Å². The molecule has 0 atom stereocenters. The highest BCUT2D eigenvalue weighted by atomic mass is 16.5. The Bertz CT molecular complexity index is 1770. The first-order chi connectivity index (χ1) is 16.6. The second kappa shape index (κ2) is 7.66. The van der Waals surface area contributed by atoms with Gasteiger partial charge in [0, 0.05) is 12.6 Å². The van der Waals surface area contributed by atoms with E-state index in [1.807, 2.05) is 42.5 Å². The molecule has 0 bridgehead atoms. The first-order valence-electron chi connectivity index (χ1n) is 10.6. The van der Waals surface area contributed by atoms with Crippen LogP contribution in [0.25, 0.3) is 38.9 Å². The Kier molecular flexibility index (Phi) is 4.48. The minimum Gasteiger partial charge on any atom is -0.454 e. The number of fused-ring (bicyclic) bond motifs is 4. The van der Waals surface area contributed by atoms with Crippen molar-refractivity contribution in [3.8, 4) is 11.3 Å². The predicted molar refractivity (Wildman–Crippen MR) is 124 cm³/mol. The van der Waals surface area contributed by atoms with E-state index in [1.54, 1.807) is 41.8 Å². The number of carbonyl (C=O) groups is 1. The zero-order valence-corrected chi connectivity index (χ0v) is 18.0. The summed E-state index contributed by atoms with van der Waals surface area (Å²) < 4.78 is 14.2. The minimum atomic E-state index is -0.520. The van der Waals surface area contributed by atoms with Gasteiger partial charge < -0.3 is 9.26 Å². The molecule has 0 unspecified atom stereocenters. The summed E-state index contributed by atoms with van der Waals surface area (Å²) in [6.07, 6.45) is 0. The van der Waals surface area contributed by atoms with Gasteiger partial charge in [-0.3, -0.25) is 13.8 Å². The predicted octanol–water partition coefficient (Wildman–Crippen LogP) is 3.75. The Morgan fingerprint density at radius 2 is 1.76 bits per heavy atom. The molecule has 6 aromatic rings. The van der Waals surface area contributed by atoms with Crippen LogP contribution in [0.5, 0.6) is 0 Å². The molecular formula is C25H17N5O4. The Balaban J connectivity index is 1.33. The van der Waals surface area contributed by atoms with Gasteiger partial charge in [-0.1, -0.05) is 47.6 Å². The highest BCUT2D eigenvalue weighted by Gasteiger charge is 2.18. The summed E-state index contributed by atoms with van der Waals surface area (Å²) in [4.78, 5) is 25.5. The molecule has 9 nitrogen and oxygen atoms in total. The number of benzene rings is 3. The van der Waals surface area contributed by atoms with Crippen LogP contribution < -0.4 is 5.56 Å². The molecule has 0 saturated heterocycles. The number of rotatable bonds is 4. The maximum absolute atomic E-state index is 12.9. The fourth-order valence-electron chi connectivity index (χ4n) is 4.07. The SMILES string of the molecule is Cn1c(=O)c2ccccc2n2c(COC(=O)c3ccc4noc(-c5ccccc5)c4c3)nnc12. The lowest BCUT2D eigenvalue weighted by molar-refractivity contribution is 0.0461. The number of aryl methyl sites for hydroxylation is 1. The number of para-hydroxylation sites is 1. The van der Waals surface area contributed by atoms with Gasteiger partial charge in [-0.15, -0.1) is 10.2 Å². The van der Waals surface area contributed by atoms with Crippen LogP contribution in [-0.4, -0.2) is 30.3 Å². The number of hydrogen-bond acceptors (Lipinski definition) is 7. The van der Waals surface area contributed by atoms with Crippen LogP contribution in [-0.2, 0) is 18.4 Å². The number of aromatic nitrogens is 5. The zero-order valence-electron chi connectivity index (χ0n) is 18.0. The van der Waals surface area contributed by atoms with E-state index in [1.165, 1.54) is 4.57 Å². The fraction of sp³-hybridized carbons (Fsp3) is 0.0800. The molecule has 0 spiro atoms. The number of hydrogen-bond donors (Lipinski definition) is 0. The van der Waals surface area contributed by atoms with Crippen LogP contribution in [0, 0.1) is 0 Å². The molecule has 3 heterocycles. The summed E-state index contributed by atoms with van der Waals surface area (Å²) in [6.45, 7) is -0.116. The molecule has 0 fully saturated rings. The lowest BCUT2D eigenvalue weighted by Crippen LogP contribution is -2.20. The van der Waals surface area contributed by atoms with E-state index >= 15 is 0 Å². The maximum atomic E-state index is 12.9. The van der Waals surface area contributed by atoms with Gasteiger partial charge in [-0.05, 0) is 30.3 Å². The molecule has 0 aliphatic rings. The van der Waals surface area contributed by atoms with Crippen molar-refractivity contribution in [2.75, 3.05) is 0 Å². The molecule has 0 aliphatic heterocycles. The standard InChI is InChI=1S/C25H17N5O4/c1-29-23(31)17-9-5-6-10-20(17)30-21(26-27-25(29)30)14-33-24(32)16-11-12-19-18(13-16)22(34-28-19)15-7-3-2-4-8-15/h2-13H,14H2,1H3. The molecule has 0 saturated carbocycles. The second-order valence-electron chi connectivity index (χ2n) is 7.82. The molecule has 0 amide bonds. The van der Waals surface area contributed by atoms with Crippen molar-refractivity contribution in [3.63, 3.8) is 0 Å². The second-order valence-corrected chi connectivity index (χ2v) is 7.82. The molecule has 0 N–H and O–H groups in total. The Hall–Kier alpha value is -4.79. The number of nitrogens with zero attached hydrogens (tertiary/aromatic N) is 5. The van der Waals surface area contributed by atoms with Gasteiger partial charge >= 0.3 is 5.97 Å². The van der Waals surface area contributed by atoms with E-state index in [-0.39, 0.29) is 12.2 Å². The number of carbonyl (C=O) groups excluding carboxylic acids is 1. The summed E-state index contributed by atoms with van der Waals surface area (Å²) in [6, 6.07) is 21.8. The molecule has 6 rings (SSSR count). The van der Waals surface area contributed by atoms with Crippen LogP contribution >= 0.6 is 0 Å². The zero-order chi connectivity index (χ0) is 23.2. The quantitative estimate of drug-likeness (QED) is 0.376. The summed E-state index contributed by atoms with van der Waals surface area (Å²) in [5.74, 6) is 0.841. The van der Waals surface area contributed by atoms with Gasteiger partial charge in [0.15, 0.2) is 18.2 Å². The third-order valence-electron chi connectivity index (χ3n) is 5.77. The van der Waals surface area contributed by atoms with Gasteiger partial charge in [-0.25, -0.2) is 4.79 Å². The van der Waals surface area contributed by atoms with Crippen LogP contribution in [0.1, 0.15) is 16.2 Å². The van der Waals surface area contributed by atoms with Crippen molar-refractivity contribution < 1.29 is 14.1 Å². The average Bonchev–Trinajstić information content (AvgIpc) is 3.50. The molecule has 3 aromatic heterocycles. The van der Waals surface area contributed by atoms with E-state index in [0.29, 0.717) is 39.3 Å². The Morgan fingerprint density at radius 3 is 2.62 bits per heavy atom. The topological polar surface area (TPSA) is 105 Å². The maximum Gasteiger partial charge on any atom is 0.338 e. The highest BCUT2D eigenvalue weighted by Crippen LogP contribution is 2.29. The lowest BCUT2D eigenvalue weighted by Gasteiger charge is -2.08. The first kappa shape index (κ1) is 19.9. The minimum absolute atomic E-state index is 0.116. The normalized spacial score (nSPS) is 11.4. The number of esters is 1. The Labute approximate surface area is 191 Å². The van der Waals surface area contributed by atoms with E-state index < -0.39 is 5.97 Å². The fourth-order valence-corrected chi connectivity index (χ4v) is 4.07. The summed E-state index contributed by atoms with van der Waals surface area (Å²) >= 11 is 0. The third kappa shape index (κ3) is 3.06. The van der Waals surface area contributed by atoms with E-state index in [9.17, 15) is 9.59 Å². The molecule has 0 aliphatic carbocycles. The van der Waals surface area contributed by atoms with Gasteiger partial charge in [0.05, 0.1) is 21.9 Å². The van der Waals surface area contributed by atoms with Gasteiger partial charge in [0.2, 0.25) is 5.78 Å². The number of ether oxygens (including phenoxy) is 1. The van der Waals surface area contributed by atoms with E-state index in [2.05, 4.69) is 15.4 Å².